The van der Waals surface area contributed by atoms with Crippen LogP contribution in [0.15, 0.2) is 0 Å². The third kappa shape index (κ3) is 3.05. The number of ether oxygens (including phenoxy) is 1. The summed E-state index contributed by atoms with van der Waals surface area (Å²) in [7, 11) is 3.48. The van der Waals surface area contributed by atoms with Gasteiger partial charge in [0, 0.05) is 27.2 Å². The molecule has 0 aromatic carbocycles. The smallest absolute Gasteiger partial charge is 0.353 e. The first kappa shape index (κ1) is 14.3. The topological polar surface area (TPSA) is 119 Å². The number of nitrogens with one attached hydrogen (secondary N) is 1. The van der Waals surface area contributed by atoms with Gasteiger partial charge in [0.1, 0.15) is 0 Å². The Labute approximate surface area is 116 Å². The average Bonchev–Trinajstić information content (AvgIpc) is 2.88. The highest BCUT2D eigenvalue weighted by atomic mass is 16.6. The average molecular weight is 282 g/mol. The quantitative estimate of drug-likeness (QED) is 0.596. The minimum absolute atomic E-state index is 0.0496. The molecule has 0 amide bonds. The Balaban J connectivity index is 2.24. The number of nitrogens with zero attached hydrogens (tertiary/aromatic N) is 4. The molecule has 20 heavy (non-hydrogen) atoms. The van der Waals surface area contributed by atoms with Gasteiger partial charge in [-0.3, -0.25) is 10.1 Å². The molecule has 1 aromatic rings. The van der Waals surface area contributed by atoms with Crippen LogP contribution in [0.5, 0.6) is 0 Å². The van der Waals surface area contributed by atoms with E-state index in [0.29, 0.717) is 12.5 Å². The van der Waals surface area contributed by atoms with Crippen molar-refractivity contribution in [3.8, 4) is 0 Å². The number of rotatable bonds is 5. The van der Waals surface area contributed by atoms with Crippen molar-refractivity contribution in [2.75, 3.05) is 43.2 Å². The van der Waals surface area contributed by atoms with E-state index in [2.05, 4.69) is 15.3 Å². The normalized spacial score (nSPS) is 18.0. The van der Waals surface area contributed by atoms with Crippen LogP contribution in [-0.4, -0.2) is 48.2 Å². The van der Waals surface area contributed by atoms with Gasteiger partial charge in [0.15, 0.2) is 0 Å². The van der Waals surface area contributed by atoms with Crippen molar-refractivity contribution in [2.24, 2.45) is 0 Å². The summed E-state index contributed by atoms with van der Waals surface area (Å²) in [4.78, 5) is 20.2. The number of anilines is 3. The Hall–Kier alpha value is -2.16. The van der Waals surface area contributed by atoms with Crippen LogP contribution in [0.25, 0.3) is 0 Å². The zero-order valence-electron chi connectivity index (χ0n) is 11.5. The molecule has 1 aliphatic heterocycles. The fourth-order valence-electron chi connectivity index (χ4n) is 1.98. The van der Waals surface area contributed by atoms with Crippen LogP contribution in [0.1, 0.15) is 12.8 Å². The molecule has 0 bridgehead atoms. The van der Waals surface area contributed by atoms with Crippen LogP contribution in [0.2, 0.25) is 0 Å². The van der Waals surface area contributed by atoms with Gasteiger partial charge in [0.25, 0.3) is 0 Å². The molecule has 0 saturated carbocycles. The van der Waals surface area contributed by atoms with Crippen LogP contribution in [0.3, 0.4) is 0 Å². The lowest BCUT2D eigenvalue weighted by Crippen LogP contribution is -2.21. The Morgan fingerprint density at radius 1 is 1.55 bits per heavy atom. The van der Waals surface area contributed by atoms with Crippen molar-refractivity contribution < 1.29 is 9.66 Å². The molecule has 9 nitrogen and oxygen atoms in total. The molecular formula is C11H18N6O3. The molecule has 1 aliphatic rings. The van der Waals surface area contributed by atoms with Gasteiger partial charge in [-0.1, -0.05) is 0 Å². The molecule has 2 rings (SSSR count). The molecule has 1 atom stereocenters. The van der Waals surface area contributed by atoms with Gasteiger partial charge >= 0.3 is 5.69 Å². The molecule has 1 saturated heterocycles. The summed E-state index contributed by atoms with van der Waals surface area (Å²) in [6.45, 7) is 1.19. The third-order valence-corrected chi connectivity index (χ3v) is 3.00. The van der Waals surface area contributed by atoms with E-state index < -0.39 is 4.92 Å². The minimum Gasteiger partial charge on any atom is -0.378 e. The van der Waals surface area contributed by atoms with Gasteiger partial charge in [0.05, 0.1) is 11.0 Å². The zero-order chi connectivity index (χ0) is 14.7. The van der Waals surface area contributed by atoms with Crippen LogP contribution in [-0.2, 0) is 4.74 Å². The second kappa shape index (κ2) is 5.87. The van der Waals surface area contributed by atoms with E-state index in [1.165, 1.54) is 0 Å². The standard InChI is InChI=1S/C11H18N6O3/c1-16(2)11-14-9(12)8(17(18)19)10(15-11)13-6-7-4-3-5-20-7/h7H,3-6H2,1-2H3,(H3,12,13,14,15)/t7-/m1/s1. The Morgan fingerprint density at radius 2 is 2.30 bits per heavy atom. The van der Waals surface area contributed by atoms with Gasteiger partial charge in [-0.15, -0.1) is 0 Å². The summed E-state index contributed by atoms with van der Waals surface area (Å²) in [5, 5.41) is 14.0. The van der Waals surface area contributed by atoms with Gasteiger partial charge in [-0.05, 0) is 12.8 Å². The first-order chi connectivity index (χ1) is 9.49. The van der Waals surface area contributed by atoms with E-state index in [1.807, 2.05) is 0 Å². The summed E-state index contributed by atoms with van der Waals surface area (Å²) < 4.78 is 5.47. The summed E-state index contributed by atoms with van der Waals surface area (Å²) in [6, 6.07) is 0. The van der Waals surface area contributed by atoms with Crippen LogP contribution < -0.4 is 16.0 Å². The highest BCUT2D eigenvalue weighted by Gasteiger charge is 2.25. The minimum atomic E-state index is -0.577. The number of hydrogen-bond acceptors (Lipinski definition) is 8. The molecule has 1 fully saturated rings. The van der Waals surface area contributed by atoms with Crippen molar-refractivity contribution in [3.05, 3.63) is 10.1 Å². The van der Waals surface area contributed by atoms with E-state index in [1.54, 1.807) is 19.0 Å². The van der Waals surface area contributed by atoms with Crippen molar-refractivity contribution in [1.82, 2.24) is 9.97 Å². The predicted molar refractivity (Wildman–Crippen MR) is 74.9 cm³/mol. The van der Waals surface area contributed by atoms with E-state index in [0.717, 1.165) is 19.4 Å². The highest BCUT2D eigenvalue weighted by Crippen LogP contribution is 2.29. The molecule has 2 heterocycles. The van der Waals surface area contributed by atoms with Crippen molar-refractivity contribution >= 4 is 23.3 Å². The van der Waals surface area contributed by atoms with Crippen molar-refractivity contribution in [3.63, 3.8) is 0 Å². The van der Waals surface area contributed by atoms with E-state index in [-0.39, 0.29) is 23.4 Å². The second-order valence-corrected chi connectivity index (χ2v) is 4.77. The van der Waals surface area contributed by atoms with Crippen LogP contribution in [0, 0.1) is 10.1 Å². The number of nitrogen functional groups attached to an aromatic ring is 1. The molecule has 1 aromatic heterocycles. The Bertz CT molecular complexity index is 501. The van der Waals surface area contributed by atoms with Gasteiger partial charge < -0.3 is 20.7 Å². The summed E-state index contributed by atoms with van der Waals surface area (Å²) in [5.41, 5.74) is 5.36. The fraction of sp³-hybridized carbons (Fsp3) is 0.636. The molecule has 0 aliphatic carbocycles. The molecule has 0 radical (unpaired) electrons. The Kier molecular flexibility index (Phi) is 4.18. The predicted octanol–water partition coefficient (Wildman–Crippen LogP) is 0.624. The Morgan fingerprint density at radius 3 is 2.85 bits per heavy atom. The fourth-order valence-corrected chi connectivity index (χ4v) is 1.98. The summed E-state index contributed by atoms with van der Waals surface area (Å²) in [6.07, 6.45) is 1.99. The van der Waals surface area contributed by atoms with Crippen LogP contribution >= 0.6 is 0 Å². The maximum absolute atomic E-state index is 11.1. The molecule has 0 unspecified atom stereocenters. The van der Waals surface area contributed by atoms with Crippen molar-refractivity contribution in [1.29, 1.82) is 0 Å². The van der Waals surface area contributed by atoms with E-state index >= 15 is 0 Å². The maximum Gasteiger partial charge on any atom is 0.353 e. The van der Waals surface area contributed by atoms with Crippen molar-refractivity contribution in [2.45, 2.75) is 18.9 Å². The first-order valence-corrected chi connectivity index (χ1v) is 6.33. The molecule has 110 valence electrons. The lowest BCUT2D eigenvalue weighted by Gasteiger charge is -2.15. The maximum atomic E-state index is 11.1. The second-order valence-electron chi connectivity index (χ2n) is 4.77. The van der Waals surface area contributed by atoms with E-state index in [4.69, 9.17) is 10.5 Å². The number of hydrogen-bond donors (Lipinski definition) is 2. The largest absolute Gasteiger partial charge is 0.378 e. The number of nitro groups is 1. The molecular weight excluding hydrogens is 264 g/mol. The van der Waals surface area contributed by atoms with Gasteiger partial charge in [-0.2, -0.15) is 9.97 Å². The third-order valence-electron chi connectivity index (χ3n) is 3.00. The summed E-state index contributed by atoms with van der Waals surface area (Å²) >= 11 is 0. The zero-order valence-corrected chi connectivity index (χ0v) is 11.5. The molecule has 3 N–H and O–H groups in total. The monoisotopic (exact) mass is 282 g/mol. The molecule has 0 spiro atoms. The van der Waals surface area contributed by atoms with E-state index in [9.17, 15) is 10.1 Å². The molecule has 9 heteroatoms. The number of aromatic nitrogens is 2. The van der Waals surface area contributed by atoms with Gasteiger partial charge in [-0.25, -0.2) is 0 Å². The summed E-state index contributed by atoms with van der Waals surface area (Å²) in [5.74, 6) is 0.299. The lowest BCUT2D eigenvalue weighted by molar-refractivity contribution is -0.383. The lowest BCUT2D eigenvalue weighted by atomic mass is 10.2. The number of nitrogens with two attached hydrogens (primary N) is 1. The van der Waals surface area contributed by atoms with Gasteiger partial charge in [0.2, 0.25) is 17.6 Å². The van der Waals surface area contributed by atoms with Crippen LogP contribution in [0.4, 0.5) is 23.3 Å². The highest BCUT2D eigenvalue weighted by molar-refractivity contribution is 5.70. The SMILES string of the molecule is CN(C)c1nc(N)c([N+](=O)[O-])c(NC[C@H]2CCCO2)n1. The first-order valence-electron chi connectivity index (χ1n) is 6.33.